The van der Waals surface area contributed by atoms with E-state index in [0.29, 0.717) is 0 Å². The Hall–Kier alpha value is -0.920. The first-order valence-electron chi connectivity index (χ1n) is 1.66. The van der Waals surface area contributed by atoms with Crippen LogP contribution in [0, 0.1) is 0 Å². The van der Waals surface area contributed by atoms with Crippen molar-refractivity contribution in [3.8, 4) is 0 Å². The van der Waals surface area contributed by atoms with Gasteiger partial charge in [-0.25, -0.2) is 9.90 Å². The van der Waals surface area contributed by atoms with Gasteiger partial charge in [-0.2, -0.15) is 4.99 Å². The average Bonchev–Trinajstić information content (AvgIpc) is 1.68. The fourth-order valence-corrected chi connectivity index (χ4v) is 0.105. The lowest BCUT2D eigenvalue weighted by Crippen LogP contribution is -1.90. The van der Waals surface area contributed by atoms with Crippen molar-refractivity contribution in [2.24, 2.45) is 4.99 Å². The number of hydrogen-bond donors (Lipinski definition) is 0. The van der Waals surface area contributed by atoms with Crippen LogP contribution in [-0.2, 0) is 9.90 Å². The molecule has 0 saturated carbocycles. The fourth-order valence-electron chi connectivity index (χ4n) is 0.105. The molecule has 0 bridgehead atoms. The third-order valence-corrected chi connectivity index (χ3v) is 0.382. The SMILES string of the molecule is C=CC([O])N=C=O. The third-order valence-electron chi connectivity index (χ3n) is 0.382. The van der Waals surface area contributed by atoms with Crippen molar-refractivity contribution in [3.05, 3.63) is 12.7 Å². The van der Waals surface area contributed by atoms with Crippen molar-refractivity contribution < 1.29 is 9.90 Å². The summed E-state index contributed by atoms with van der Waals surface area (Å²) in [5, 5.41) is 9.95. The van der Waals surface area contributed by atoms with E-state index in [1.54, 1.807) is 0 Å². The van der Waals surface area contributed by atoms with E-state index in [4.69, 9.17) is 0 Å². The average molecular weight is 98.1 g/mol. The van der Waals surface area contributed by atoms with Crippen LogP contribution in [-0.4, -0.2) is 12.3 Å². The number of carbonyl (C=O) groups excluding carboxylic acids is 1. The lowest BCUT2D eigenvalue weighted by Gasteiger charge is -1.81. The van der Waals surface area contributed by atoms with Gasteiger partial charge < -0.3 is 0 Å². The maximum Gasteiger partial charge on any atom is 0.238 e. The minimum atomic E-state index is -1.34. The van der Waals surface area contributed by atoms with Crippen LogP contribution in [0.2, 0.25) is 0 Å². The number of isocyanates is 1. The van der Waals surface area contributed by atoms with Crippen molar-refractivity contribution >= 4 is 6.08 Å². The van der Waals surface area contributed by atoms with Gasteiger partial charge in [0.1, 0.15) is 0 Å². The van der Waals surface area contributed by atoms with Crippen LogP contribution < -0.4 is 0 Å². The Bertz CT molecular complexity index is 104. The van der Waals surface area contributed by atoms with Crippen LogP contribution in [0.15, 0.2) is 17.6 Å². The standard InChI is InChI=1S/C4H4NO2/c1-2-4(7)5-3-6/h2,4H,1H2. The lowest BCUT2D eigenvalue weighted by atomic mass is 10.6. The minimum Gasteiger partial charge on any atom is -0.211 e. The smallest absolute Gasteiger partial charge is 0.211 e. The van der Waals surface area contributed by atoms with Crippen LogP contribution >= 0.6 is 0 Å². The summed E-state index contributed by atoms with van der Waals surface area (Å²) < 4.78 is 0. The van der Waals surface area contributed by atoms with E-state index < -0.39 is 6.23 Å². The maximum atomic E-state index is 9.95. The molecule has 0 aliphatic heterocycles. The molecule has 3 nitrogen and oxygen atoms in total. The highest BCUT2D eigenvalue weighted by molar-refractivity contribution is 5.33. The van der Waals surface area contributed by atoms with Crippen LogP contribution in [0.25, 0.3) is 0 Å². The van der Waals surface area contributed by atoms with Crippen molar-refractivity contribution in [1.82, 2.24) is 0 Å². The number of nitrogens with zero attached hydrogens (tertiary/aromatic N) is 1. The monoisotopic (exact) mass is 98.0 g/mol. The van der Waals surface area contributed by atoms with Gasteiger partial charge in [-0.15, -0.1) is 0 Å². The van der Waals surface area contributed by atoms with E-state index in [9.17, 15) is 9.90 Å². The molecule has 0 rings (SSSR count). The summed E-state index contributed by atoms with van der Waals surface area (Å²) in [6.07, 6.45) is 0.793. The van der Waals surface area contributed by atoms with E-state index in [2.05, 4.69) is 11.6 Å². The molecule has 37 valence electrons. The molecule has 0 aromatic rings. The fraction of sp³-hybridized carbons (Fsp3) is 0.250. The molecule has 1 atom stereocenters. The first-order chi connectivity index (χ1) is 3.31. The molecule has 0 aromatic heterocycles. The second-order valence-electron chi connectivity index (χ2n) is 0.847. The van der Waals surface area contributed by atoms with Crippen LogP contribution in [0.4, 0.5) is 0 Å². The van der Waals surface area contributed by atoms with Gasteiger partial charge in [-0.1, -0.05) is 6.58 Å². The van der Waals surface area contributed by atoms with Crippen LogP contribution in [0.5, 0.6) is 0 Å². The zero-order valence-electron chi connectivity index (χ0n) is 3.63. The Kier molecular flexibility index (Phi) is 2.85. The molecule has 0 aliphatic rings. The molecule has 0 saturated heterocycles. The zero-order valence-corrected chi connectivity index (χ0v) is 3.63. The van der Waals surface area contributed by atoms with Gasteiger partial charge in [0.2, 0.25) is 12.3 Å². The van der Waals surface area contributed by atoms with Gasteiger partial charge in [-0.05, 0) is 6.08 Å². The summed E-state index contributed by atoms with van der Waals surface area (Å²) in [6, 6.07) is 0. The number of rotatable bonds is 2. The van der Waals surface area contributed by atoms with Gasteiger partial charge in [0.05, 0.1) is 0 Å². The molecule has 0 aromatic carbocycles. The lowest BCUT2D eigenvalue weighted by molar-refractivity contribution is 0.138. The van der Waals surface area contributed by atoms with Gasteiger partial charge in [-0.3, -0.25) is 0 Å². The molecule has 0 spiro atoms. The molecule has 0 N–H and O–H groups in total. The van der Waals surface area contributed by atoms with Gasteiger partial charge in [0.15, 0.2) is 0 Å². The zero-order chi connectivity index (χ0) is 5.70. The Balaban J connectivity index is 3.56. The normalized spacial score (nSPS) is 11.6. The van der Waals surface area contributed by atoms with Gasteiger partial charge in [0, 0.05) is 0 Å². The van der Waals surface area contributed by atoms with E-state index >= 15 is 0 Å². The summed E-state index contributed by atoms with van der Waals surface area (Å²) in [5.74, 6) is 0. The van der Waals surface area contributed by atoms with Crippen molar-refractivity contribution in [2.45, 2.75) is 6.23 Å². The first-order valence-corrected chi connectivity index (χ1v) is 1.66. The van der Waals surface area contributed by atoms with Gasteiger partial charge in [0.25, 0.3) is 0 Å². The summed E-state index contributed by atoms with van der Waals surface area (Å²) in [5.41, 5.74) is 0. The summed E-state index contributed by atoms with van der Waals surface area (Å²) in [7, 11) is 0. The van der Waals surface area contributed by atoms with E-state index in [1.807, 2.05) is 0 Å². The van der Waals surface area contributed by atoms with E-state index in [-0.39, 0.29) is 0 Å². The molecule has 0 amide bonds. The molecule has 0 fully saturated rings. The Morgan fingerprint density at radius 1 is 1.86 bits per heavy atom. The van der Waals surface area contributed by atoms with E-state index in [0.717, 1.165) is 12.2 Å². The highest BCUT2D eigenvalue weighted by atomic mass is 16.3. The predicted octanol–water partition coefficient (Wildman–Crippen LogP) is 0.265. The molecule has 0 aliphatic carbocycles. The number of aliphatic imine (C=N–C) groups is 1. The van der Waals surface area contributed by atoms with Crippen LogP contribution in [0.3, 0.4) is 0 Å². The highest BCUT2D eigenvalue weighted by Crippen LogP contribution is 1.81. The quantitative estimate of drug-likeness (QED) is 0.277. The van der Waals surface area contributed by atoms with Crippen LogP contribution in [0.1, 0.15) is 0 Å². The van der Waals surface area contributed by atoms with Crippen molar-refractivity contribution in [1.29, 1.82) is 0 Å². The van der Waals surface area contributed by atoms with Crippen molar-refractivity contribution in [3.63, 3.8) is 0 Å². The summed E-state index contributed by atoms with van der Waals surface area (Å²) >= 11 is 0. The topological polar surface area (TPSA) is 49.3 Å². The third kappa shape index (κ3) is 2.89. The predicted molar refractivity (Wildman–Crippen MR) is 22.8 cm³/mol. The van der Waals surface area contributed by atoms with E-state index in [1.165, 1.54) is 0 Å². The Labute approximate surface area is 41.0 Å². The van der Waals surface area contributed by atoms with Crippen molar-refractivity contribution in [2.75, 3.05) is 0 Å². The van der Waals surface area contributed by atoms with Gasteiger partial charge >= 0.3 is 0 Å². The second-order valence-corrected chi connectivity index (χ2v) is 0.847. The molecule has 7 heavy (non-hydrogen) atoms. The molecular weight excluding hydrogens is 94.0 g/mol. The minimum absolute atomic E-state index is 1.02. The first kappa shape index (κ1) is 6.08. The summed E-state index contributed by atoms with van der Waals surface area (Å²) in [4.78, 5) is 12.0. The molecule has 1 radical (unpaired) electrons. The Morgan fingerprint density at radius 3 is 2.57 bits per heavy atom. The molecular formula is C4H4NO2. The number of hydrogen-bond acceptors (Lipinski definition) is 2. The second kappa shape index (κ2) is 3.28. The molecule has 3 heteroatoms. The summed E-state index contributed by atoms with van der Waals surface area (Å²) in [6.45, 7) is 3.09. The molecule has 0 heterocycles. The maximum absolute atomic E-state index is 9.95. The highest BCUT2D eigenvalue weighted by Gasteiger charge is 1.88. The molecule has 1 unspecified atom stereocenters. The Morgan fingerprint density at radius 2 is 2.43 bits per heavy atom. The largest absolute Gasteiger partial charge is 0.238 e.